The van der Waals surface area contributed by atoms with Crippen molar-refractivity contribution in [2.24, 2.45) is 5.84 Å². The average molecular weight is 306 g/mol. The lowest BCUT2D eigenvalue weighted by molar-refractivity contribution is -0.135. The van der Waals surface area contributed by atoms with Crippen molar-refractivity contribution in [1.29, 1.82) is 0 Å². The molecule has 0 aliphatic carbocycles. The fourth-order valence-electron chi connectivity index (χ4n) is 2.01. The topological polar surface area (TPSA) is 38.0 Å². The second kappa shape index (κ2) is 6.07. The quantitative estimate of drug-likeness (QED) is 0.491. The van der Waals surface area contributed by atoms with Crippen molar-refractivity contribution in [2.45, 2.75) is 31.5 Å². The third-order valence-corrected chi connectivity index (χ3v) is 4.21. The summed E-state index contributed by atoms with van der Waals surface area (Å²) in [7, 11) is 0. The number of nitrogens with one attached hydrogen (secondary N) is 1. The summed E-state index contributed by atoms with van der Waals surface area (Å²) >= 11 is 1.34. The lowest BCUT2D eigenvalue weighted by Gasteiger charge is -2.14. The van der Waals surface area contributed by atoms with Gasteiger partial charge in [-0.05, 0) is 36.4 Å². The summed E-state index contributed by atoms with van der Waals surface area (Å²) in [4.78, 5) is 0.815. The minimum Gasteiger partial charge on any atom is -0.271 e. The minimum atomic E-state index is -4.15. The number of thiophene rings is 1. The first-order chi connectivity index (χ1) is 9.39. The number of hydrogen-bond acceptors (Lipinski definition) is 3. The summed E-state index contributed by atoms with van der Waals surface area (Å²) in [5.41, 5.74) is 2.53. The second-order valence-electron chi connectivity index (χ2n) is 4.56. The number of hydrazine groups is 1. The molecular weight excluding hydrogens is 292 g/mol. The molecule has 0 radical (unpaired) electrons. The van der Waals surface area contributed by atoms with E-state index in [9.17, 15) is 17.6 Å². The lowest BCUT2D eigenvalue weighted by atomic mass is 10.1. The van der Waals surface area contributed by atoms with Gasteiger partial charge in [-0.1, -0.05) is 6.07 Å². The zero-order valence-corrected chi connectivity index (χ0v) is 11.3. The lowest BCUT2D eigenvalue weighted by Crippen LogP contribution is -2.27. The molecule has 1 aromatic heterocycles. The Morgan fingerprint density at radius 3 is 2.65 bits per heavy atom. The van der Waals surface area contributed by atoms with Crippen LogP contribution in [0.1, 0.15) is 30.2 Å². The molecule has 0 saturated carbocycles. The third kappa shape index (κ3) is 3.91. The van der Waals surface area contributed by atoms with E-state index < -0.39 is 12.6 Å². The van der Waals surface area contributed by atoms with Crippen molar-refractivity contribution in [3.05, 3.63) is 35.0 Å². The predicted molar refractivity (Wildman–Crippen MR) is 71.8 cm³/mol. The summed E-state index contributed by atoms with van der Waals surface area (Å²) in [5.74, 6) is 5.07. The first-order valence-corrected chi connectivity index (χ1v) is 6.92. The molecule has 1 aromatic carbocycles. The van der Waals surface area contributed by atoms with Gasteiger partial charge in [-0.15, -0.1) is 11.3 Å². The normalized spacial score (nSPS) is 13.8. The van der Waals surface area contributed by atoms with Gasteiger partial charge < -0.3 is 0 Å². The Morgan fingerprint density at radius 1 is 1.25 bits per heavy atom. The molecule has 1 unspecified atom stereocenters. The van der Waals surface area contributed by atoms with Gasteiger partial charge in [0.1, 0.15) is 5.82 Å². The van der Waals surface area contributed by atoms with Gasteiger partial charge in [0.25, 0.3) is 0 Å². The molecule has 0 spiro atoms. The number of fused-ring (bicyclic) bond motifs is 1. The molecule has 3 N–H and O–H groups in total. The number of halogens is 4. The number of hydrogen-bond donors (Lipinski definition) is 2. The van der Waals surface area contributed by atoms with Crippen molar-refractivity contribution < 1.29 is 17.6 Å². The maximum Gasteiger partial charge on any atom is 0.389 e. The van der Waals surface area contributed by atoms with E-state index in [1.165, 1.54) is 23.5 Å². The number of alkyl halides is 3. The van der Waals surface area contributed by atoms with Crippen LogP contribution in [0.2, 0.25) is 0 Å². The van der Waals surface area contributed by atoms with Crippen LogP contribution in [-0.2, 0) is 0 Å². The molecule has 2 rings (SSSR count). The van der Waals surface area contributed by atoms with Gasteiger partial charge in [-0.3, -0.25) is 11.3 Å². The largest absolute Gasteiger partial charge is 0.389 e. The first kappa shape index (κ1) is 15.2. The van der Waals surface area contributed by atoms with Crippen molar-refractivity contribution in [1.82, 2.24) is 5.43 Å². The predicted octanol–water partition coefficient (Wildman–Crippen LogP) is 4.28. The Labute approximate surface area is 117 Å². The molecule has 20 heavy (non-hydrogen) atoms. The Balaban J connectivity index is 2.09. The van der Waals surface area contributed by atoms with E-state index >= 15 is 0 Å². The molecule has 110 valence electrons. The highest BCUT2D eigenvalue weighted by atomic mass is 32.1. The first-order valence-electron chi connectivity index (χ1n) is 6.11. The number of benzene rings is 1. The standard InChI is InChI=1S/C13H14F4N2S/c14-9-4-3-8-6-12(20-11(8)7-9)10(19-18)2-1-5-13(15,16)17/h3-4,6-7,10,19H,1-2,5,18H2. The molecule has 2 aromatic rings. The van der Waals surface area contributed by atoms with Crippen LogP contribution >= 0.6 is 11.3 Å². The zero-order chi connectivity index (χ0) is 14.8. The van der Waals surface area contributed by atoms with Crippen LogP contribution in [0, 0.1) is 5.82 Å². The van der Waals surface area contributed by atoms with E-state index in [-0.39, 0.29) is 24.7 Å². The molecule has 1 heterocycles. The van der Waals surface area contributed by atoms with Crippen LogP contribution in [0.4, 0.5) is 17.6 Å². The summed E-state index contributed by atoms with van der Waals surface area (Å²) in [6.07, 6.45) is -4.70. The van der Waals surface area contributed by atoms with Gasteiger partial charge in [0.05, 0.1) is 6.04 Å². The summed E-state index contributed by atoms with van der Waals surface area (Å²) in [6.45, 7) is 0. The fraction of sp³-hybridized carbons (Fsp3) is 0.385. The van der Waals surface area contributed by atoms with E-state index in [0.717, 1.165) is 15.0 Å². The van der Waals surface area contributed by atoms with Crippen LogP contribution in [-0.4, -0.2) is 6.18 Å². The van der Waals surface area contributed by atoms with E-state index in [4.69, 9.17) is 5.84 Å². The van der Waals surface area contributed by atoms with Crippen LogP contribution in [0.3, 0.4) is 0 Å². The molecule has 1 atom stereocenters. The molecule has 0 saturated heterocycles. The van der Waals surface area contributed by atoms with Crippen molar-refractivity contribution >= 4 is 21.4 Å². The van der Waals surface area contributed by atoms with Crippen molar-refractivity contribution in [3.63, 3.8) is 0 Å². The summed E-state index contributed by atoms with van der Waals surface area (Å²) in [6, 6.07) is 5.89. The Morgan fingerprint density at radius 2 is 2.00 bits per heavy atom. The van der Waals surface area contributed by atoms with Gasteiger partial charge in [-0.2, -0.15) is 13.2 Å². The third-order valence-electron chi connectivity index (χ3n) is 3.00. The van der Waals surface area contributed by atoms with E-state index in [2.05, 4.69) is 5.43 Å². The van der Waals surface area contributed by atoms with Crippen LogP contribution in [0.15, 0.2) is 24.3 Å². The van der Waals surface area contributed by atoms with Crippen LogP contribution in [0.5, 0.6) is 0 Å². The maximum atomic E-state index is 13.1. The molecule has 0 bridgehead atoms. The number of nitrogens with two attached hydrogens (primary N) is 1. The average Bonchev–Trinajstić information content (AvgIpc) is 2.75. The molecule has 2 nitrogen and oxygen atoms in total. The maximum absolute atomic E-state index is 13.1. The highest BCUT2D eigenvalue weighted by Gasteiger charge is 2.27. The number of rotatable bonds is 5. The highest BCUT2D eigenvalue weighted by molar-refractivity contribution is 7.19. The molecule has 7 heteroatoms. The monoisotopic (exact) mass is 306 g/mol. The fourth-order valence-corrected chi connectivity index (χ4v) is 3.20. The molecule has 0 aliphatic heterocycles. The molecular formula is C13H14F4N2S. The van der Waals surface area contributed by atoms with Crippen molar-refractivity contribution in [2.75, 3.05) is 0 Å². The van der Waals surface area contributed by atoms with Gasteiger partial charge in [-0.25, -0.2) is 4.39 Å². The smallest absolute Gasteiger partial charge is 0.271 e. The Hall–Kier alpha value is -1.18. The highest BCUT2D eigenvalue weighted by Crippen LogP contribution is 2.33. The van der Waals surface area contributed by atoms with Crippen LogP contribution in [0.25, 0.3) is 10.1 Å². The van der Waals surface area contributed by atoms with E-state index in [1.807, 2.05) is 6.07 Å². The zero-order valence-electron chi connectivity index (χ0n) is 10.5. The summed E-state index contributed by atoms with van der Waals surface area (Å²) < 4.78 is 50.3. The van der Waals surface area contributed by atoms with E-state index in [1.54, 1.807) is 6.07 Å². The van der Waals surface area contributed by atoms with Gasteiger partial charge in [0, 0.05) is 16.0 Å². The van der Waals surface area contributed by atoms with Gasteiger partial charge >= 0.3 is 6.18 Å². The van der Waals surface area contributed by atoms with Gasteiger partial charge in [0.15, 0.2) is 0 Å². The van der Waals surface area contributed by atoms with Gasteiger partial charge in [0.2, 0.25) is 0 Å². The Bertz CT molecular complexity index is 579. The van der Waals surface area contributed by atoms with Crippen molar-refractivity contribution in [3.8, 4) is 0 Å². The molecule has 0 fully saturated rings. The molecule has 0 amide bonds. The van der Waals surface area contributed by atoms with E-state index in [0.29, 0.717) is 0 Å². The summed E-state index contributed by atoms with van der Waals surface area (Å²) in [5, 5.41) is 0.863. The van der Waals surface area contributed by atoms with Crippen LogP contribution < -0.4 is 11.3 Å². The minimum absolute atomic E-state index is 0.000965. The second-order valence-corrected chi connectivity index (χ2v) is 5.67. The Kier molecular flexibility index (Phi) is 4.62. The molecule has 0 aliphatic rings. The SMILES string of the molecule is NNC(CCCC(F)(F)F)c1cc2ccc(F)cc2s1.